The fraction of sp³-hybridized carbons (Fsp3) is 0.174. The van der Waals surface area contributed by atoms with Crippen LogP contribution in [0.15, 0.2) is 71.8 Å². The molecule has 2 heterocycles. The number of nitrogens with zero attached hydrogens (tertiary/aromatic N) is 2. The molecule has 0 amide bonds. The zero-order valence-corrected chi connectivity index (χ0v) is 17.2. The number of benzene rings is 3. The van der Waals surface area contributed by atoms with Crippen LogP contribution in [0.1, 0.15) is 35.4 Å². The molecule has 0 fully saturated rings. The molecule has 29 heavy (non-hydrogen) atoms. The lowest BCUT2D eigenvalue weighted by Crippen LogP contribution is -2.33. The van der Waals surface area contributed by atoms with Crippen LogP contribution >= 0.6 is 23.2 Å². The fourth-order valence-electron chi connectivity index (χ4n) is 3.94. The molecule has 0 saturated carbocycles. The number of hydrogen-bond donors (Lipinski definition) is 0. The molecule has 146 valence electrons. The van der Waals surface area contributed by atoms with Crippen molar-refractivity contribution in [3.63, 3.8) is 0 Å². The molecule has 2 atom stereocenters. The highest BCUT2D eigenvalue weighted by Crippen LogP contribution is 2.48. The summed E-state index contributed by atoms with van der Waals surface area (Å²) in [6, 6.07) is 21.6. The monoisotopic (exact) mass is 424 g/mol. The summed E-state index contributed by atoms with van der Waals surface area (Å²) in [5, 5.41) is 8.17. The van der Waals surface area contributed by atoms with E-state index in [2.05, 4.69) is 6.07 Å². The van der Waals surface area contributed by atoms with Crippen molar-refractivity contribution in [2.24, 2.45) is 5.10 Å². The van der Waals surface area contributed by atoms with Gasteiger partial charge >= 0.3 is 0 Å². The molecule has 0 aromatic heterocycles. The fourth-order valence-corrected chi connectivity index (χ4v) is 4.45. The quantitative estimate of drug-likeness (QED) is 0.498. The van der Waals surface area contributed by atoms with Crippen LogP contribution in [0.5, 0.6) is 11.5 Å². The van der Waals surface area contributed by atoms with Crippen LogP contribution in [0, 0.1) is 0 Å². The minimum atomic E-state index is -0.353. The molecule has 2 aliphatic rings. The van der Waals surface area contributed by atoms with Crippen LogP contribution in [0.3, 0.4) is 0 Å². The average Bonchev–Trinajstić information content (AvgIpc) is 3.18. The van der Waals surface area contributed by atoms with Gasteiger partial charge in [-0.2, -0.15) is 5.10 Å². The van der Waals surface area contributed by atoms with E-state index in [4.69, 9.17) is 37.8 Å². The highest BCUT2D eigenvalue weighted by atomic mass is 35.5. The molecule has 0 spiro atoms. The first-order valence-electron chi connectivity index (χ1n) is 9.35. The first kappa shape index (κ1) is 18.3. The van der Waals surface area contributed by atoms with Gasteiger partial charge in [0, 0.05) is 28.1 Å². The van der Waals surface area contributed by atoms with E-state index in [0.29, 0.717) is 10.0 Å². The third-order valence-corrected chi connectivity index (χ3v) is 5.87. The number of halogens is 2. The maximum atomic E-state index is 6.47. The minimum Gasteiger partial charge on any atom is -0.497 e. The van der Waals surface area contributed by atoms with E-state index in [1.807, 2.05) is 59.6 Å². The van der Waals surface area contributed by atoms with Gasteiger partial charge in [-0.15, -0.1) is 0 Å². The Bertz CT molecular complexity index is 1120. The molecule has 6 heteroatoms. The van der Waals surface area contributed by atoms with Crippen molar-refractivity contribution in [3.8, 4) is 11.5 Å². The van der Waals surface area contributed by atoms with Gasteiger partial charge in [0.25, 0.3) is 0 Å². The van der Waals surface area contributed by atoms with Crippen molar-refractivity contribution in [3.05, 3.63) is 93.5 Å². The number of hydrogen-bond acceptors (Lipinski definition) is 4. The normalized spacial score (nSPS) is 19.8. The van der Waals surface area contributed by atoms with Crippen LogP contribution in [0.2, 0.25) is 10.0 Å². The van der Waals surface area contributed by atoms with Crippen molar-refractivity contribution in [1.82, 2.24) is 5.01 Å². The second-order valence-corrected chi connectivity index (χ2v) is 7.90. The van der Waals surface area contributed by atoms with Crippen LogP contribution in [-0.4, -0.2) is 17.8 Å². The average molecular weight is 425 g/mol. The maximum Gasteiger partial charge on any atom is 0.214 e. The molecule has 0 saturated heterocycles. The summed E-state index contributed by atoms with van der Waals surface area (Å²) in [4.78, 5) is 0. The second kappa shape index (κ2) is 7.29. The number of hydrazone groups is 1. The lowest BCUT2D eigenvalue weighted by molar-refractivity contribution is -0.0191. The van der Waals surface area contributed by atoms with Gasteiger partial charge in [-0.3, -0.25) is 0 Å². The molecule has 4 nitrogen and oxygen atoms in total. The van der Waals surface area contributed by atoms with Crippen LogP contribution in [-0.2, 0) is 0 Å². The summed E-state index contributed by atoms with van der Waals surface area (Å²) in [6.07, 6.45) is 0.385. The molecule has 0 N–H and O–H groups in total. The van der Waals surface area contributed by atoms with Gasteiger partial charge < -0.3 is 9.47 Å². The molecule has 0 bridgehead atoms. The third-order valence-electron chi connectivity index (χ3n) is 5.32. The van der Waals surface area contributed by atoms with Crippen molar-refractivity contribution >= 4 is 28.9 Å². The summed E-state index contributed by atoms with van der Waals surface area (Å²) in [5.41, 5.74) is 3.92. The third kappa shape index (κ3) is 3.22. The number of fused-ring (bicyclic) bond motifs is 3. The van der Waals surface area contributed by atoms with Gasteiger partial charge in [0.15, 0.2) is 0 Å². The van der Waals surface area contributed by atoms with Crippen LogP contribution in [0.25, 0.3) is 0 Å². The molecular formula is C23H18Cl2N2O2. The Kier molecular flexibility index (Phi) is 4.61. The van der Waals surface area contributed by atoms with Crippen molar-refractivity contribution in [2.75, 3.05) is 7.11 Å². The van der Waals surface area contributed by atoms with Gasteiger partial charge in [-0.1, -0.05) is 59.6 Å². The van der Waals surface area contributed by atoms with E-state index in [1.54, 1.807) is 13.2 Å². The van der Waals surface area contributed by atoms with Gasteiger partial charge in [0.05, 0.1) is 23.9 Å². The predicted octanol–water partition coefficient (Wildman–Crippen LogP) is 6.24. The number of para-hydroxylation sites is 1. The summed E-state index contributed by atoms with van der Waals surface area (Å²) in [6.45, 7) is 0. The van der Waals surface area contributed by atoms with E-state index >= 15 is 0 Å². The van der Waals surface area contributed by atoms with Crippen molar-refractivity contribution < 1.29 is 9.47 Å². The zero-order valence-electron chi connectivity index (χ0n) is 15.7. The first-order valence-corrected chi connectivity index (χ1v) is 10.1. The van der Waals surface area contributed by atoms with E-state index < -0.39 is 0 Å². The lowest BCUT2D eigenvalue weighted by atomic mass is 9.96. The summed E-state index contributed by atoms with van der Waals surface area (Å²) < 4.78 is 11.8. The maximum absolute atomic E-state index is 6.47. The minimum absolute atomic E-state index is 0.0675. The summed E-state index contributed by atoms with van der Waals surface area (Å²) in [5.74, 6) is 1.66. The predicted molar refractivity (Wildman–Crippen MR) is 115 cm³/mol. The highest BCUT2D eigenvalue weighted by molar-refractivity contribution is 6.37. The molecule has 0 unspecified atom stereocenters. The molecule has 3 aromatic carbocycles. The standard InChI is InChI=1S/C23H18Cl2N2O2/c1-28-16-6-4-5-14(11-16)23-27-21(18-7-2-3-8-22(18)29-23)13-20(26-27)17-10-9-15(24)12-19(17)25/h2-12,21,23H,13H2,1H3/t21-,23-/m1/s1. The number of ether oxygens (including phenoxy) is 2. The Hall–Kier alpha value is -2.69. The lowest BCUT2D eigenvalue weighted by Gasteiger charge is -2.38. The Balaban J connectivity index is 1.60. The van der Waals surface area contributed by atoms with Gasteiger partial charge in [-0.25, -0.2) is 5.01 Å². The molecule has 5 rings (SSSR count). The highest BCUT2D eigenvalue weighted by Gasteiger charge is 2.41. The molecule has 0 radical (unpaired) electrons. The van der Waals surface area contributed by atoms with Crippen molar-refractivity contribution in [2.45, 2.75) is 18.7 Å². The van der Waals surface area contributed by atoms with E-state index in [1.165, 1.54) is 0 Å². The Morgan fingerprint density at radius 3 is 2.72 bits per heavy atom. The van der Waals surface area contributed by atoms with Crippen LogP contribution < -0.4 is 9.47 Å². The van der Waals surface area contributed by atoms with E-state index in [-0.39, 0.29) is 12.3 Å². The van der Waals surface area contributed by atoms with Crippen molar-refractivity contribution in [1.29, 1.82) is 0 Å². The zero-order chi connectivity index (χ0) is 20.0. The molecular weight excluding hydrogens is 407 g/mol. The molecule has 0 aliphatic carbocycles. The molecule has 3 aromatic rings. The first-order chi connectivity index (χ1) is 14.1. The molecule has 2 aliphatic heterocycles. The number of methoxy groups -OCH3 is 1. The SMILES string of the molecule is COc1cccc([C@H]2Oc3ccccc3[C@H]3CC(c4ccc(Cl)cc4Cl)=NN32)c1. The second-order valence-electron chi connectivity index (χ2n) is 7.06. The Morgan fingerprint density at radius 1 is 1.03 bits per heavy atom. The van der Waals surface area contributed by atoms with Crippen LogP contribution in [0.4, 0.5) is 0 Å². The topological polar surface area (TPSA) is 34.1 Å². The smallest absolute Gasteiger partial charge is 0.214 e. The number of rotatable bonds is 3. The summed E-state index contributed by atoms with van der Waals surface area (Å²) >= 11 is 12.5. The summed E-state index contributed by atoms with van der Waals surface area (Å²) in [7, 11) is 1.66. The van der Waals surface area contributed by atoms with Gasteiger partial charge in [0.2, 0.25) is 6.23 Å². The van der Waals surface area contributed by atoms with Gasteiger partial charge in [0.1, 0.15) is 11.5 Å². The van der Waals surface area contributed by atoms with Gasteiger partial charge in [-0.05, 0) is 30.3 Å². The van der Waals surface area contributed by atoms with E-state index in [0.717, 1.165) is 40.3 Å². The largest absolute Gasteiger partial charge is 0.497 e. The Morgan fingerprint density at radius 2 is 1.90 bits per heavy atom. The van der Waals surface area contributed by atoms with E-state index in [9.17, 15) is 0 Å². The Labute approximate surface area is 179 Å².